The molecule has 0 radical (unpaired) electrons. The zero-order valence-electron chi connectivity index (χ0n) is 11.6. The summed E-state index contributed by atoms with van der Waals surface area (Å²) < 4.78 is 0. The highest BCUT2D eigenvalue weighted by molar-refractivity contribution is 5.54. The normalized spacial score (nSPS) is 10.7. The van der Waals surface area contributed by atoms with Crippen molar-refractivity contribution in [3.8, 4) is 11.4 Å². The van der Waals surface area contributed by atoms with E-state index in [-0.39, 0.29) is 0 Å². The van der Waals surface area contributed by atoms with E-state index in [2.05, 4.69) is 65.7 Å². The van der Waals surface area contributed by atoms with E-state index in [0.29, 0.717) is 12.4 Å². The standard InChI is InChI=1S/C16H16N4/c1-12-3-7-14(8-4-12)11-20-18-16(17-19-20)15-9-5-13(2)6-10-15/h3-10H,11H2,1-2H3. The first-order chi connectivity index (χ1) is 9.70. The van der Waals surface area contributed by atoms with Crippen molar-refractivity contribution in [3.63, 3.8) is 0 Å². The van der Waals surface area contributed by atoms with Crippen LogP contribution in [0.3, 0.4) is 0 Å². The topological polar surface area (TPSA) is 43.6 Å². The van der Waals surface area contributed by atoms with E-state index in [1.54, 1.807) is 4.80 Å². The molecule has 20 heavy (non-hydrogen) atoms. The highest BCUT2D eigenvalue weighted by Gasteiger charge is 2.05. The molecule has 0 aliphatic heterocycles. The Balaban J connectivity index is 1.80. The van der Waals surface area contributed by atoms with Gasteiger partial charge in [-0.3, -0.25) is 0 Å². The van der Waals surface area contributed by atoms with E-state index >= 15 is 0 Å². The lowest BCUT2D eigenvalue weighted by Gasteiger charge is -2.00. The molecular weight excluding hydrogens is 248 g/mol. The van der Waals surface area contributed by atoms with Crippen LogP contribution in [0.1, 0.15) is 16.7 Å². The van der Waals surface area contributed by atoms with Crippen LogP contribution in [-0.2, 0) is 6.54 Å². The van der Waals surface area contributed by atoms with Crippen LogP contribution in [0, 0.1) is 13.8 Å². The molecule has 0 bridgehead atoms. The third-order valence-electron chi connectivity index (χ3n) is 3.21. The van der Waals surface area contributed by atoms with Crippen molar-refractivity contribution in [3.05, 3.63) is 65.2 Å². The van der Waals surface area contributed by atoms with Crippen LogP contribution in [-0.4, -0.2) is 20.2 Å². The van der Waals surface area contributed by atoms with Crippen LogP contribution in [0.4, 0.5) is 0 Å². The summed E-state index contributed by atoms with van der Waals surface area (Å²) in [7, 11) is 0. The molecule has 3 aromatic rings. The van der Waals surface area contributed by atoms with Gasteiger partial charge in [0.2, 0.25) is 5.82 Å². The third-order valence-corrected chi connectivity index (χ3v) is 3.21. The summed E-state index contributed by atoms with van der Waals surface area (Å²) in [5, 5.41) is 12.6. The molecule has 0 atom stereocenters. The van der Waals surface area contributed by atoms with Crippen molar-refractivity contribution in [2.45, 2.75) is 20.4 Å². The monoisotopic (exact) mass is 264 g/mol. The number of benzene rings is 2. The minimum absolute atomic E-state index is 0.638. The lowest BCUT2D eigenvalue weighted by molar-refractivity contribution is 0.573. The molecule has 100 valence electrons. The van der Waals surface area contributed by atoms with Gasteiger partial charge in [0.15, 0.2) is 0 Å². The smallest absolute Gasteiger partial charge is 0.159 e. The fourth-order valence-electron chi connectivity index (χ4n) is 1.99. The Morgan fingerprint density at radius 2 is 1.45 bits per heavy atom. The Hall–Kier alpha value is -2.49. The maximum absolute atomic E-state index is 4.42. The first-order valence-electron chi connectivity index (χ1n) is 6.61. The van der Waals surface area contributed by atoms with Gasteiger partial charge in [0.25, 0.3) is 0 Å². The average Bonchev–Trinajstić information content (AvgIpc) is 2.91. The first-order valence-corrected chi connectivity index (χ1v) is 6.61. The van der Waals surface area contributed by atoms with Crippen molar-refractivity contribution in [2.24, 2.45) is 0 Å². The molecule has 4 heteroatoms. The van der Waals surface area contributed by atoms with Crippen molar-refractivity contribution < 1.29 is 0 Å². The molecule has 3 rings (SSSR count). The molecule has 0 aliphatic rings. The van der Waals surface area contributed by atoms with Crippen molar-refractivity contribution in [1.29, 1.82) is 0 Å². The predicted octanol–water partition coefficient (Wildman–Crippen LogP) is 3.01. The van der Waals surface area contributed by atoms with Gasteiger partial charge in [-0.15, -0.1) is 10.2 Å². The van der Waals surface area contributed by atoms with Gasteiger partial charge >= 0.3 is 0 Å². The minimum Gasteiger partial charge on any atom is -0.159 e. The Morgan fingerprint density at radius 3 is 2.10 bits per heavy atom. The number of aryl methyl sites for hydroxylation is 2. The Morgan fingerprint density at radius 1 is 0.850 bits per heavy atom. The number of nitrogens with zero attached hydrogens (tertiary/aromatic N) is 4. The number of aromatic nitrogens is 4. The number of tetrazole rings is 1. The van der Waals surface area contributed by atoms with Gasteiger partial charge in [-0.25, -0.2) is 0 Å². The summed E-state index contributed by atoms with van der Waals surface area (Å²) in [6.07, 6.45) is 0. The van der Waals surface area contributed by atoms with Gasteiger partial charge in [0.1, 0.15) is 0 Å². The summed E-state index contributed by atoms with van der Waals surface area (Å²) >= 11 is 0. The first kappa shape index (κ1) is 12.5. The van der Waals surface area contributed by atoms with Crippen molar-refractivity contribution >= 4 is 0 Å². The lowest BCUT2D eigenvalue weighted by Crippen LogP contribution is -2.03. The molecule has 0 N–H and O–H groups in total. The second kappa shape index (κ2) is 5.25. The van der Waals surface area contributed by atoms with Crippen molar-refractivity contribution in [2.75, 3.05) is 0 Å². The van der Waals surface area contributed by atoms with E-state index in [4.69, 9.17) is 0 Å². The van der Waals surface area contributed by atoms with Crippen LogP contribution in [0.25, 0.3) is 11.4 Å². The van der Waals surface area contributed by atoms with Crippen LogP contribution < -0.4 is 0 Å². The molecule has 2 aromatic carbocycles. The second-order valence-corrected chi connectivity index (χ2v) is 5.00. The lowest BCUT2D eigenvalue weighted by atomic mass is 10.1. The fourth-order valence-corrected chi connectivity index (χ4v) is 1.99. The van der Waals surface area contributed by atoms with E-state index in [0.717, 1.165) is 5.56 Å². The summed E-state index contributed by atoms with van der Waals surface area (Å²) in [4.78, 5) is 1.62. The van der Waals surface area contributed by atoms with Crippen molar-refractivity contribution in [1.82, 2.24) is 20.2 Å². The zero-order valence-corrected chi connectivity index (χ0v) is 11.6. The molecule has 0 fully saturated rings. The fraction of sp³-hybridized carbons (Fsp3) is 0.188. The molecule has 0 amide bonds. The maximum Gasteiger partial charge on any atom is 0.204 e. The molecular formula is C16H16N4. The summed E-state index contributed by atoms with van der Waals surface area (Å²) in [5.74, 6) is 0.664. The van der Waals surface area contributed by atoms with E-state index in [1.807, 2.05) is 12.1 Å². The maximum atomic E-state index is 4.42. The highest BCUT2D eigenvalue weighted by Crippen LogP contribution is 2.14. The van der Waals surface area contributed by atoms with E-state index in [9.17, 15) is 0 Å². The Kier molecular flexibility index (Phi) is 3.29. The molecule has 0 aliphatic carbocycles. The van der Waals surface area contributed by atoms with Gasteiger partial charge < -0.3 is 0 Å². The molecule has 0 spiro atoms. The SMILES string of the molecule is Cc1ccc(Cn2nnc(-c3ccc(C)cc3)n2)cc1. The predicted molar refractivity (Wildman–Crippen MR) is 78.3 cm³/mol. The Labute approximate surface area is 118 Å². The summed E-state index contributed by atoms with van der Waals surface area (Å²) in [5.41, 5.74) is 4.63. The van der Waals surface area contributed by atoms with Crippen LogP contribution >= 0.6 is 0 Å². The molecule has 0 saturated heterocycles. The van der Waals surface area contributed by atoms with Crippen LogP contribution in [0.5, 0.6) is 0 Å². The number of hydrogen-bond acceptors (Lipinski definition) is 3. The number of rotatable bonds is 3. The second-order valence-electron chi connectivity index (χ2n) is 5.00. The summed E-state index contributed by atoms with van der Waals surface area (Å²) in [6.45, 7) is 4.78. The minimum atomic E-state index is 0.638. The third kappa shape index (κ3) is 2.74. The van der Waals surface area contributed by atoms with Crippen LogP contribution in [0.2, 0.25) is 0 Å². The highest BCUT2D eigenvalue weighted by atomic mass is 15.6. The quantitative estimate of drug-likeness (QED) is 0.730. The number of hydrogen-bond donors (Lipinski definition) is 0. The molecule has 1 heterocycles. The molecule has 4 nitrogen and oxygen atoms in total. The Bertz CT molecular complexity index is 696. The van der Waals surface area contributed by atoms with Crippen LogP contribution in [0.15, 0.2) is 48.5 Å². The van der Waals surface area contributed by atoms with Gasteiger partial charge in [-0.05, 0) is 24.6 Å². The summed E-state index contributed by atoms with van der Waals surface area (Å²) in [6, 6.07) is 16.5. The van der Waals surface area contributed by atoms with Gasteiger partial charge in [0.05, 0.1) is 6.54 Å². The van der Waals surface area contributed by atoms with Gasteiger partial charge in [-0.2, -0.15) is 4.80 Å². The van der Waals surface area contributed by atoms with E-state index < -0.39 is 0 Å². The molecule has 0 unspecified atom stereocenters. The van der Waals surface area contributed by atoms with Gasteiger partial charge in [0, 0.05) is 5.56 Å². The van der Waals surface area contributed by atoms with Gasteiger partial charge in [-0.1, -0.05) is 59.7 Å². The molecule has 0 saturated carbocycles. The van der Waals surface area contributed by atoms with E-state index in [1.165, 1.54) is 16.7 Å². The average molecular weight is 264 g/mol. The molecule has 1 aromatic heterocycles. The zero-order chi connectivity index (χ0) is 13.9. The largest absolute Gasteiger partial charge is 0.204 e.